The lowest BCUT2D eigenvalue weighted by Gasteiger charge is -2.16. The van der Waals surface area contributed by atoms with E-state index in [1.807, 2.05) is 17.8 Å². The molecule has 0 saturated heterocycles. The van der Waals surface area contributed by atoms with E-state index in [0.29, 0.717) is 16.4 Å². The van der Waals surface area contributed by atoms with E-state index in [-0.39, 0.29) is 5.69 Å². The van der Waals surface area contributed by atoms with Crippen molar-refractivity contribution in [3.05, 3.63) is 39.3 Å². The van der Waals surface area contributed by atoms with Crippen LogP contribution in [0, 0.1) is 10.1 Å². The van der Waals surface area contributed by atoms with Gasteiger partial charge in [0, 0.05) is 37.4 Å². The minimum atomic E-state index is -0.714. The Morgan fingerprint density at radius 3 is 2.85 bits per heavy atom. The number of rotatable bonds is 5. The fourth-order valence-electron chi connectivity index (χ4n) is 1.83. The number of aliphatic hydroxyl groups is 1. The molecule has 1 unspecified atom stereocenters. The maximum absolute atomic E-state index is 11.1. The van der Waals surface area contributed by atoms with Crippen molar-refractivity contribution in [2.45, 2.75) is 19.6 Å². The molecule has 0 aliphatic rings. The molecule has 0 bridgehead atoms. The van der Waals surface area contributed by atoms with Crippen molar-refractivity contribution in [3.63, 3.8) is 0 Å². The molecular formula is C12H16N4O3S. The van der Waals surface area contributed by atoms with Crippen LogP contribution in [0.25, 0.3) is 0 Å². The van der Waals surface area contributed by atoms with Crippen LogP contribution in [0.2, 0.25) is 0 Å². The van der Waals surface area contributed by atoms with Crippen LogP contribution in [0.15, 0.2) is 18.5 Å². The number of hydrogen-bond donors (Lipinski definition) is 1. The van der Waals surface area contributed by atoms with E-state index < -0.39 is 11.0 Å². The lowest BCUT2D eigenvalue weighted by Crippen LogP contribution is -2.18. The van der Waals surface area contributed by atoms with Crippen molar-refractivity contribution >= 4 is 22.0 Å². The third-order valence-corrected chi connectivity index (χ3v) is 4.38. The highest BCUT2D eigenvalue weighted by Crippen LogP contribution is 2.39. The molecule has 108 valence electrons. The van der Waals surface area contributed by atoms with Crippen molar-refractivity contribution in [1.82, 2.24) is 9.55 Å². The second-order valence-electron chi connectivity index (χ2n) is 4.58. The summed E-state index contributed by atoms with van der Waals surface area (Å²) in [6.45, 7) is 2.06. The largest absolute Gasteiger partial charge is 0.388 e. The molecule has 2 rings (SSSR count). The van der Waals surface area contributed by atoms with Crippen molar-refractivity contribution in [3.8, 4) is 0 Å². The van der Waals surface area contributed by atoms with Crippen LogP contribution in [0.3, 0.4) is 0 Å². The normalized spacial score (nSPS) is 12.4. The van der Waals surface area contributed by atoms with Gasteiger partial charge in [0.05, 0.1) is 17.6 Å². The van der Waals surface area contributed by atoms with Gasteiger partial charge in [0.25, 0.3) is 0 Å². The average Bonchev–Trinajstić information content (AvgIpc) is 2.96. The Bertz CT molecular complexity index is 620. The van der Waals surface area contributed by atoms with Crippen LogP contribution in [-0.2, 0) is 13.6 Å². The van der Waals surface area contributed by atoms with Gasteiger partial charge >= 0.3 is 5.69 Å². The van der Waals surface area contributed by atoms with Crippen LogP contribution in [0.5, 0.6) is 0 Å². The van der Waals surface area contributed by atoms with Crippen LogP contribution < -0.4 is 4.90 Å². The first-order valence-electron chi connectivity index (χ1n) is 6.03. The highest BCUT2D eigenvalue weighted by molar-refractivity contribution is 7.16. The van der Waals surface area contributed by atoms with Gasteiger partial charge in [0.1, 0.15) is 5.82 Å². The van der Waals surface area contributed by atoms with Crippen LogP contribution >= 0.6 is 11.3 Å². The van der Waals surface area contributed by atoms with Gasteiger partial charge in [-0.05, 0) is 6.92 Å². The van der Waals surface area contributed by atoms with E-state index in [9.17, 15) is 15.2 Å². The van der Waals surface area contributed by atoms with Gasteiger partial charge in [-0.3, -0.25) is 10.1 Å². The van der Waals surface area contributed by atoms with E-state index in [1.165, 1.54) is 17.4 Å². The molecule has 0 aromatic carbocycles. The second-order valence-corrected chi connectivity index (χ2v) is 5.64. The standard InChI is InChI=1S/C12H16N4O3S/c1-8(17)10-6-9(16(18)19)12(20-10)15(3)7-11-13-4-5-14(11)2/h4-6,8,17H,7H2,1-3H3. The number of imidazole rings is 1. The first-order chi connectivity index (χ1) is 9.40. The van der Waals surface area contributed by atoms with Gasteiger partial charge in [-0.1, -0.05) is 0 Å². The predicted molar refractivity (Wildman–Crippen MR) is 76.9 cm³/mol. The van der Waals surface area contributed by atoms with Crippen molar-refractivity contribution in [2.24, 2.45) is 7.05 Å². The van der Waals surface area contributed by atoms with E-state index in [1.54, 1.807) is 25.1 Å². The number of nitro groups is 1. The Morgan fingerprint density at radius 1 is 1.65 bits per heavy atom. The van der Waals surface area contributed by atoms with Gasteiger partial charge in [0.15, 0.2) is 5.00 Å². The Hall–Kier alpha value is -1.93. The first kappa shape index (κ1) is 14.5. The van der Waals surface area contributed by atoms with Crippen molar-refractivity contribution in [1.29, 1.82) is 0 Å². The van der Waals surface area contributed by atoms with Crippen molar-refractivity contribution in [2.75, 3.05) is 11.9 Å². The monoisotopic (exact) mass is 296 g/mol. The van der Waals surface area contributed by atoms with E-state index in [0.717, 1.165) is 5.82 Å². The van der Waals surface area contributed by atoms with Gasteiger partial charge in [-0.15, -0.1) is 11.3 Å². The molecule has 20 heavy (non-hydrogen) atoms. The topological polar surface area (TPSA) is 84.4 Å². The number of anilines is 1. The molecule has 0 radical (unpaired) electrons. The molecule has 7 nitrogen and oxygen atoms in total. The summed E-state index contributed by atoms with van der Waals surface area (Å²) in [5, 5.41) is 21.2. The molecule has 0 amide bonds. The number of nitrogens with zero attached hydrogens (tertiary/aromatic N) is 4. The van der Waals surface area contributed by atoms with Crippen molar-refractivity contribution < 1.29 is 10.0 Å². The van der Waals surface area contributed by atoms with Gasteiger partial charge in [-0.2, -0.15) is 0 Å². The fraction of sp³-hybridized carbons (Fsp3) is 0.417. The molecule has 2 aromatic heterocycles. The quantitative estimate of drug-likeness (QED) is 0.674. The number of hydrogen-bond acceptors (Lipinski definition) is 6. The molecule has 0 spiro atoms. The number of aromatic nitrogens is 2. The Morgan fingerprint density at radius 2 is 2.35 bits per heavy atom. The second kappa shape index (κ2) is 5.59. The SMILES string of the molecule is CC(O)c1cc([N+](=O)[O-])c(N(C)Cc2nccn2C)s1. The summed E-state index contributed by atoms with van der Waals surface area (Å²) in [6, 6.07) is 1.43. The third-order valence-electron chi connectivity index (χ3n) is 2.97. The minimum absolute atomic E-state index is 0.0163. The molecular weight excluding hydrogens is 280 g/mol. The zero-order valence-corrected chi connectivity index (χ0v) is 12.3. The summed E-state index contributed by atoms with van der Waals surface area (Å²) < 4.78 is 1.87. The van der Waals surface area contributed by atoms with Crippen LogP contribution in [0.4, 0.5) is 10.7 Å². The molecule has 1 N–H and O–H groups in total. The number of aryl methyl sites for hydroxylation is 1. The van der Waals surface area contributed by atoms with Gasteiger partial charge < -0.3 is 14.6 Å². The number of thiophene rings is 1. The average molecular weight is 296 g/mol. The van der Waals surface area contributed by atoms with E-state index in [2.05, 4.69) is 4.98 Å². The first-order valence-corrected chi connectivity index (χ1v) is 6.85. The molecule has 2 aromatic rings. The summed E-state index contributed by atoms with van der Waals surface area (Å²) in [5.41, 5.74) is 0.0163. The Balaban J connectivity index is 2.31. The lowest BCUT2D eigenvalue weighted by atomic mass is 10.3. The third kappa shape index (κ3) is 2.81. The zero-order chi connectivity index (χ0) is 14.9. The minimum Gasteiger partial charge on any atom is -0.388 e. The predicted octanol–water partition coefficient (Wildman–Crippen LogP) is 2.08. The molecule has 2 heterocycles. The smallest absolute Gasteiger partial charge is 0.304 e. The zero-order valence-electron chi connectivity index (χ0n) is 11.5. The molecule has 0 fully saturated rings. The molecule has 0 aliphatic carbocycles. The Labute approximate surface area is 120 Å². The summed E-state index contributed by atoms with van der Waals surface area (Å²) >= 11 is 1.23. The molecule has 0 aliphatic heterocycles. The van der Waals surface area contributed by atoms with Crippen LogP contribution in [0.1, 0.15) is 23.7 Å². The van der Waals surface area contributed by atoms with Crippen LogP contribution in [-0.4, -0.2) is 26.6 Å². The number of aliphatic hydroxyl groups excluding tert-OH is 1. The van der Waals surface area contributed by atoms with E-state index >= 15 is 0 Å². The maximum Gasteiger partial charge on any atom is 0.304 e. The summed E-state index contributed by atoms with van der Waals surface area (Å²) in [5.74, 6) is 0.814. The molecule has 8 heteroatoms. The van der Waals surface area contributed by atoms with E-state index in [4.69, 9.17) is 0 Å². The summed E-state index contributed by atoms with van der Waals surface area (Å²) in [6.07, 6.45) is 2.80. The highest BCUT2D eigenvalue weighted by Gasteiger charge is 2.24. The summed E-state index contributed by atoms with van der Waals surface area (Å²) in [7, 11) is 3.65. The van der Waals surface area contributed by atoms with Gasteiger partial charge in [0.2, 0.25) is 0 Å². The molecule has 0 saturated carbocycles. The molecule has 1 atom stereocenters. The fourth-order valence-corrected chi connectivity index (χ4v) is 2.86. The lowest BCUT2D eigenvalue weighted by molar-refractivity contribution is -0.383. The highest BCUT2D eigenvalue weighted by atomic mass is 32.1. The Kier molecular flexibility index (Phi) is 4.05. The maximum atomic E-state index is 11.1. The summed E-state index contributed by atoms with van der Waals surface area (Å²) in [4.78, 5) is 17.3. The van der Waals surface area contributed by atoms with Gasteiger partial charge in [-0.25, -0.2) is 4.98 Å².